The standard InChI is InChI=1S/C20H30O3/c1-8-16(5)11-10-12-20(7,22)14-18(13-15(3)4)23-19(21)17(6)9-2/h8-13,18,22H,1,14H2,2-7H3/b12-10+,16-11+,17-9+/t18-,20+/m0/s1. The Morgan fingerprint density at radius 1 is 1.30 bits per heavy atom. The largest absolute Gasteiger partial charge is 0.455 e. The van der Waals surface area contributed by atoms with Gasteiger partial charge in [0.2, 0.25) is 0 Å². The van der Waals surface area contributed by atoms with Crippen LogP contribution in [0.15, 0.2) is 59.8 Å². The molecular formula is C20H30O3. The Morgan fingerprint density at radius 2 is 1.91 bits per heavy atom. The van der Waals surface area contributed by atoms with Crippen molar-refractivity contribution in [2.24, 2.45) is 0 Å². The molecule has 0 radical (unpaired) electrons. The van der Waals surface area contributed by atoms with Crippen molar-refractivity contribution < 1.29 is 14.6 Å². The van der Waals surface area contributed by atoms with Gasteiger partial charge in [-0.3, -0.25) is 0 Å². The minimum absolute atomic E-state index is 0.290. The number of hydrogen-bond donors (Lipinski definition) is 1. The molecule has 1 N–H and O–H groups in total. The van der Waals surface area contributed by atoms with E-state index >= 15 is 0 Å². The fourth-order valence-electron chi connectivity index (χ4n) is 1.81. The van der Waals surface area contributed by atoms with Crippen LogP contribution in [-0.4, -0.2) is 22.8 Å². The maximum absolute atomic E-state index is 12.0. The van der Waals surface area contributed by atoms with Gasteiger partial charge in [-0.2, -0.15) is 0 Å². The molecule has 0 aromatic carbocycles. The highest BCUT2D eigenvalue weighted by molar-refractivity contribution is 5.87. The van der Waals surface area contributed by atoms with Crippen LogP contribution in [0.3, 0.4) is 0 Å². The first kappa shape index (κ1) is 21.1. The predicted octanol–water partition coefficient (Wildman–Crippen LogP) is 4.66. The Labute approximate surface area is 140 Å². The Hall–Kier alpha value is -1.87. The average molecular weight is 318 g/mol. The molecule has 128 valence electrons. The molecule has 0 aromatic rings. The fourth-order valence-corrected chi connectivity index (χ4v) is 1.81. The van der Waals surface area contributed by atoms with Crippen molar-refractivity contribution in [2.45, 2.75) is 59.7 Å². The number of aliphatic hydroxyl groups is 1. The van der Waals surface area contributed by atoms with E-state index in [2.05, 4.69) is 6.58 Å². The highest BCUT2D eigenvalue weighted by Gasteiger charge is 2.24. The van der Waals surface area contributed by atoms with Crippen LogP contribution in [0.2, 0.25) is 0 Å². The predicted molar refractivity (Wildman–Crippen MR) is 97.1 cm³/mol. The molecule has 0 amide bonds. The smallest absolute Gasteiger partial charge is 0.333 e. The lowest BCUT2D eigenvalue weighted by Gasteiger charge is -2.24. The zero-order valence-corrected chi connectivity index (χ0v) is 15.2. The molecule has 0 heterocycles. The minimum atomic E-state index is -1.08. The zero-order valence-electron chi connectivity index (χ0n) is 15.2. The molecule has 2 atom stereocenters. The molecule has 0 aliphatic carbocycles. The summed E-state index contributed by atoms with van der Waals surface area (Å²) in [5, 5.41) is 10.5. The van der Waals surface area contributed by atoms with Gasteiger partial charge in [-0.1, -0.05) is 48.1 Å². The molecule has 0 rings (SSSR count). The van der Waals surface area contributed by atoms with Crippen molar-refractivity contribution in [1.29, 1.82) is 0 Å². The molecule has 3 heteroatoms. The maximum atomic E-state index is 12.0. The molecule has 0 bridgehead atoms. The molecule has 0 fully saturated rings. The summed E-state index contributed by atoms with van der Waals surface area (Å²) in [4.78, 5) is 12.0. The number of carbonyl (C=O) groups excluding carboxylic acids is 1. The second kappa shape index (κ2) is 10.0. The zero-order chi connectivity index (χ0) is 18.0. The van der Waals surface area contributed by atoms with Gasteiger partial charge >= 0.3 is 5.97 Å². The van der Waals surface area contributed by atoms with Gasteiger partial charge in [0.1, 0.15) is 6.10 Å². The molecule has 3 nitrogen and oxygen atoms in total. The summed E-state index contributed by atoms with van der Waals surface area (Å²) in [6.45, 7) is 14.7. The fraction of sp³-hybridized carbons (Fsp3) is 0.450. The van der Waals surface area contributed by atoms with Crippen molar-refractivity contribution in [2.75, 3.05) is 0 Å². The van der Waals surface area contributed by atoms with Crippen LogP contribution >= 0.6 is 0 Å². The first-order valence-corrected chi connectivity index (χ1v) is 7.81. The summed E-state index contributed by atoms with van der Waals surface area (Å²) in [7, 11) is 0. The van der Waals surface area contributed by atoms with Crippen LogP contribution < -0.4 is 0 Å². The van der Waals surface area contributed by atoms with Crippen LogP contribution in [0.4, 0.5) is 0 Å². The van der Waals surface area contributed by atoms with E-state index in [1.807, 2.05) is 32.9 Å². The first-order valence-electron chi connectivity index (χ1n) is 7.81. The number of ether oxygens (including phenoxy) is 1. The van der Waals surface area contributed by atoms with E-state index < -0.39 is 11.7 Å². The highest BCUT2D eigenvalue weighted by atomic mass is 16.5. The first-order chi connectivity index (χ1) is 10.6. The quantitative estimate of drug-likeness (QED) is 0.306. The van der Waals surface area contributed by atoms with Gasteiger partial charge in [0, 0.05) is 12.0 Å². The molecule has 0 aromatic heterocycles. The van der Waals surface area contributed by atoms with E-state index in [1.165, 1.54) is 0 Å². The van der Waals surface area contributed by atoms with Gasteiger partial charge < -0.3 is 9.84 Å². The lowest BCUT2D eigenvalue weighted by Crippen LogP contribution is -2.30. The van der Waals surface area contributed by atoms with Crippen LogP contribution in [0.25, 0.3) is 0 Å². The Balaban J connectivity index is 5.11. The number of rotatable bonds is 8. The minimum Gasteiger partial charge on any atom is -0.455 e. The summed E-state index contributed by atoms with van der Waals surface area (Å²) in [5.41, 5.74) is 1.51. The number of hydrogen-bond acceptors (Lipinski definition) is 3. The maximum Gasteiger partial charge on any atom is 0.333 e. The van der Waals surface area contributed by atoms with Crippen molar-refractivity contribution in [3.05, 3.63) is 59.8 Å². The van der Waals surface area contributed by atoms with Crippen molar-refractivity contribution in [1.82, 2.24) is 0 Å². The monoisotopic (exact) mass is 318 g/mol. The second-order valence-electron chi connectivity index (χ2n) is 6.19. The van der Waals surface area contributed by atoms with Crippen molar-refractivity contribution in [3.8, 4) is 0 Å². The van der Waals surface area contributed by atoms with Gasteiger partial charge in [0.15, 0.2) is 0 Å². The SMILES string of the molecule is C=C/C(C)=C/C=C/[C@@](C)(O)C[C@H](C=C(C)C)OC(=O)/C(C)=C/C. The lowest BCUT2D eigenvalue weighted by molar-refractivity contribution is -0.143. The van der Waals surface area contributed by atoms with E-state index in [0.29, 0.717) is 12.0 Å². The summed E-state index contributed by atoms with van der Waals surface area (Å²) >= 11 is 0. The number of allylic oxidation sites excluding steroid dienone is 6. The van der Waals surface area contributed by atoms with Crippen molar-refractivity contribution >= 4 is 5.97 Å². The number of carbonyl (C=O) groups is 1. The van der Waals surface area contributed by atoms with Crippen LogP contribution in [0.1, 0.15) is 48.0 Å². The Kier molecular flexibility index (Phi) is 9.19. The van der Waals surface area contributed by atoms with Gasteiger partial charge in [-0.15, -0.1) is 0 Å². The third-order valence-electron chi connectivity index (χ3n) is 3.28. The molecule has 0 aliphatic rings. The number of esters is 1. The van der Waals surface area contributed by atoms with Crippen LogP contribution in [-0.2, 0) is 9.53 Å². The Morgan fingerprint density at radius 3 is 2.39 bits per heavy atom. The highest BCUT2D eigenvalue weighted by Crippen LogP contribution is 2.19. The van der Waals surface area contributed by atoms with Gasteiger partial charge in [0.05, 0.1) is 5.60 Å². The Bertz CT molecular complexity index is 527. The molecule has 0 spiro atoms. The van der Waals surface area contributed by atoms with E-state index in [0.717, 1.165) is 11.1 Å². The van der Waals surface area contributed by atoms with Crippen LogP contribution in [0.5, 0.6) is 0 Å². The van der Waals surface area contributed by atoms with E-state index in [4.69, 9.17) is 4.74 Å². The summed E-state index contributed by atoms with van der Waals surface area (Å²) in [6, 6.07) is 0. The normalized spacial score (nSPS) is 16.7. The van der Waals surface area contributed by atoms with E-state index in [-0.39, 0.29) is 5.97 Å². The van der Waals surface area contributed by atoms with E-state index in [1.54, 1.807) is 45.1 Å². The molecule has 0 unspecified atom stereocenters. The third kappa shape index (κ3) is 9.69. The molecule has 0 saturated carbocycles. The summed E-state index contributed by atoms with van der Waals surface area (Å²) in [5.74, 6) is -0.364. The lowest BCUT2D eigenvalue weighted by atomic mass is 9.96. The third-order valence-corrected chi connectivity index (χ3v) is 3.28. The topological polar surface area (TPSA) is 46.5 Å². The molecule has 0 saturated heterocycles. The van der Waals surface area contributed by atoms with Gasteiger partial charge in [-0.05, 0) is 47.6 Å². The average Bonchev–Trinajstić information content (AvgIpc) is 2.44. The molecule has 0 aliphatic heterocycles. The second-order valence-corrected chi connectivity index (χ2v) is 6.19. The molecular weight excluding hydrogens is 288 g/mol. The van der Waals surface area contributed by atoms with Gasteiger partial charge in [-0.25, -0.2) is 4.79 Å². The van der Waals surface area contributed by atoms with Crippen LogP contribution in [0, 0.1) is 0 Å². The van der Waals surface area contributed by atoms with Crippen molar-refractivity contribution in [3.63, 3.8) is 0 Å². The van der Waals surface area contributed by atoms with E-state index in [9.17, 15) is 9.90 Å². The summed E-state index contributed by atoms with van der Waals surface area (Å²) in [6.07, 6.45) is 10.5. The molecule has 23 heavy (non-hydrogen) atoms. The summed E-state index contributed by atoms with van der Waals surface area (Å²) < 4.78 is 5.49. The van der Waals surface area contributed by atoms with Gasteiger partial charge in [0.25, 0.3) is 0 Å².